The minimum absolute atomic E-state index is 0.0878. The number of nitrogens with two attached hydrogens (primary N) is 1. The number of Topliss-reactive ketones (excluding diaryl/α,β-unsaturated/α-hetero) is 1. The molecule has 1 aromatic rings. The Kier molecular flexibility index (Phi) is 5.48. The molecule has 1 aliphatic heterocycles. The van der Waals surface area contributed by atoms with Crippen molar-refractivity contribution in [2.75, 3.05) is 18.8 Å². The van der Waals surface area contributed by atoms with E-state index in [1.807, 2.05) is 13.8 Å². The molecule has 1 aliphatic carbocycles. The number of piperidine rings is 1. The van der Waals surface area contributed by atoms with Crippen LogP contribution in [0.4, 0.5) is 5.69 Å². The molecule has 0 aromatic heterocycles. The molecule has 0 spiro atoms. The van der Waals surface area contributed by atoms with Gasteiger partial charge in [0.25, 0.3) is 0 Å². The van der Waals surface area contributed by atoms with Crippen molar-refractivity contribution in [3.8, 4) is 0 Å². The number of carbonyl (C=O) groups excluding carboxylic acids is 3. The number of para-hydroxylation sites is 1. The zero-order valence-electron chi connectivity index (χ0n) is 16.6. The number of hydrogen-bond donors (Lipinski definition) is 3. The van der Waals surface area contributed by atoms with Crippen LogP contribution in [0.15, 0.2) is 24.3 Å². The molecule has 7 heteroatoms. The van der Waals surface area contributed by atoms with Crippen LogP contribution >= 0.6 is 0 Å². The molecule has 1 saturated heterocycles. The van der Waals surface area contributed by atoms with Crippen LogP contribution in [0.1, 0.15) is 44.0 Å². The molecule has 0 bridgehead atoms. The van der Waals surface area contributed by atoms with E-state index < -0.39 is 23.4 Å². The Hall–Kier alpha value is -2.41. The molecule has 0 radical (unpaired) electrons. The van der Waals surface area contributed by atoms with Gasteiger partial charge in [-0.2, -0.15) is 0 Å². The Morgan fingerprint density at radius 1 is 1.18 bits per heavy atom. The second-order valence-electron chi connectivity index (χ2n) is 8.37. The van der Waals surface area contributed by atoms with Crippen LogP contribution in [0, 0.1) is 17.3 Å². The zero-order valence-corrected chi connectivity index (χ0v) is 16.6. The van der Waals surface area contributed by atoms with Gasteiger partial charge in [-0.05, 0) is 38.8 Å². The number of ketones is 1. The molecule has 7 nitrogen and oxygen atoms in total. The highest BCUT2D eigenvalue weighted by atomic mass is 16.3. The van der Waals surface area contributed by atoms with Gasteiger partial charge in [0.05, 0.1) is 23.4 Å². The number of amides is 2. The van der Waals surface area contributed by atoms with E-state index in [4.69, 9.17) is 5.73 Å². The summed E-state index contributed by atoms with van der Waals surface area (Å²) >= 11 is 0. The van der Waals surface area contributed by atoms with Crippen molar-refractivity contribution in [1.29, 1.82) is 0 Å². The summed E-state index contributed by atoms with van der Waals surface area (Å²) in [6.45, 7) is 6.25. The van der Waals surface area contributed by atoms with Crippen LogP contribution in [0.5, 0.6) is 0 Å². The second kappa shape index (κ2) is 7.54. The van der Waals surface area contributed by atoms with Gasteiger partial charge in [-0.25, -0.2) is 0 Å². The van der Waals surface area contributed by atoms with Crippen LogP contribution in [-0.4, -0.2) is 52.8 Å². The Morgan fingerprint density at radius 3 is 2.36 bits per heavy atom. The first-order chi connectivity index (χ1) is 13.2. The predicted molar refractivity (Wildman–Crippen MR) is 105 cm³/mol. The fourth-order valence-electron chi connectivity index (χ4n) is 4.27. The number of likely N-dealkylation sites (tertiary alicyclic amines) is 1. The molecule has 152 valence electrons. The van der Waals surface area contributed by atoms with Gasteiger partial charge < -0.3 is 21.1 Å². The Balaban J connectivity index is 1.89. The highest BCUT2D eigenvalue weighted by Crippen LogP contribution is 2.61. The molecule has 1 heterocycles. The molecule has 2 fully saturated rings. The normalized spacial score (nSPS) is 27.5. The molecule has 4 N–H and O–H groups in total. The minimum Gasteiger partial charge on any atom is -0.398 e. The number of nitrogens with zero attached hydrogens (tertiary/aromatic N) is 1. The molecule has 3 atom stereocenters. The predicted octanol–water partition coefficient (Wildman–Crippen LogP) is 1.21. The summed E-state index contributed by atoms with van der Waals surface area (Å²) in [6.07, 6.45) is 0.621. The van der Waals surface area contributed by atoms with Crippen LogP contribution in [0.3, 0.4) is 0 Å². The third-order valence-corrected chi connectivity index (χ3v) is 5.97. The second-order valence-corrected chi connectivity index (χ2v) is 8.37. The fourth-order valence-corrected chi connectivity index (χ4v) is 4.27. The standard InChI is InChI=1S/C21H29N3O4/c1-12(2)23-19(27)16-17(20(28)24-10-8-13(25)9-11-24)21(16,3)18(26)14-6-4-5-7-15(14)22/h4-7,12-13,16-17,25H,8-11,22H2,1-3H3,(H,23,27)/t16-,17+,21+/m1/s1. The average molecular weight is 387 g/mol. The first-order valence-electron chi connectivity index (χ1n) is 9.84. The lowest BCUT2D eigenvalue weighted by molar-refractivity contribution is -0.136. The van der Waals surface area contributed by atoms with Gasteiger partial charge in [0.1, 0.15) is 0 Å². The maximum Gasteiger partial charge on any atom is 0.227 e. The van der Waals surface area contributed by atoms with Gasteiger partial charge in [-0.15, -0.1) is 0 Å². The van der Waals surface area contributed by atoms with Gasteiger partial charge >= 0.3 is 0 Å². The molecule has 3 rings (SSSR count). The summed E-state index contributed by atoms with van der Waals surface area (Å²) in [5.41, 5.74) is 5.55. The maximum atomic E-state index is 13.3. The van der Waals surface area contributed by atoms with Gasteiger partial charge in [-0.3, -0.25) is 14.4 Å². The summed E-state index contributed by atoms with van der Waals surface area (Å²) in [4.78, 5) is 41.0. The van der Waals surface area contributed by atoms with Gasteiger partial charge in [0.2, 0.25) is 11.8 Å². The summed E-state index contributed by atoms with van der Waals surface area (Å²) in [6, 6.07) is 6.66. The van der Waals surface area contributed by atoms with E-state index in [-0.39, 0.29) is 23.6 Å². The number of hydrogen-bond acceptors (Lipinski definition) is 5. The fraction of sp³-hybridized carbons (Fsp3) is 0.571. The van der Waals surface area contributed by atoms with Crippen molar-refractivity contribution in [2.24, 2.45) is 17.3 Å². The first-order valence-corrected chi connectivity index (χ1v) is 9.84. The number of rotatable bonds is 5. The number of carbonyl (C=O) groups is 3. The molecular formula is C21H29N3O4. The van der Waals surface area contributed by atoms with E-state index >= 15 is 0 Å². The molecule has 28 heavy (non-hydrogen) atoms. The van der Waals surface area contributed by atoms with E-state index in [0.29, 0.717) is 37.2 Å². The van der Waals surface area contributed by atoms with Crippen molar-refractivity contribution in [1.82, 2.24) is 10.2 Å². The van der Waals surface area contributed by atoms with Crippen LogP contribution in [0.2, 0.25) is 0 Å². The monoisotopic (exact) mass is 387 g/mol. The van der Waals surface area contributed by atoms with Crippen molar-refractivity contribution < 1.29 is 19.5 Å². The first kappa shape index (κ1) is 20.3. The van der Waals surface area contributed by atoms with Crippen molar-refractivity contribution >= 4 is 23.3 Å². The SMILES string of the molecule is CC(C)NC(=O)[C@H]1[C@@H](C(=O)N2CCC(O)CC2)[C@@]1(C)C(=O)c1ccccc1N. The number of anilines is 1. The number of benzene rings is 1. The molecule has 1 saturated carbocycles. The highest BCUT2D eigenvalue weighted by molar-refractivity contribution is 6.14. The third kappa shape index (κ3) is 3.51. The number of aliphatic hydroxyl groups excluding tert-OH is 1. The Morgan fingerprint density at radius 2 is 1.79 bits per heavy atom. The van der Waals surface area contributed by atoms with Crippen LogP contribution < -0.4 is 11.1 Å². The Labute approximate surface area is 165 Å². The summed E-state index contributed by atoms with van der Waals surface area (Å²) in [5, 5.41) is 12.5. The topological polar surface area (TPSA) is 113 Å². The van der Waals surface area contributed by atoms with E-state index in [0.717, 1.165) is 0 Å². The molecule has 2 amide bonds. The van der Waals surface area contributed by atoms with E-state index in [9.17, 15) is 19.5 Å². The maximum absolute atomic E-state index is 13.3. The average Bonchev–Trinajstić information content (AvgIpc) is 3.28. The van der Waals surface area contributed by atoms with E-state index in [1.165, 1.54) is 0 Å². The third-order valence-electron chi connectivity index (χ3n) is 5.97. The van der Waals surface area contributed by atoms with Gasteiger partial charge in [-0.1, -0.05) is 19.1 Å². The van der Waals surface area contributed by atoms with Gasteiger partial charge in [0.15, 0.2) is 5.78 Å². The number of nitrogen functional groups attached to an aromatic ring is 1. The Bertz CT molecular complexity index is 786. The lowest BCUT2D eigenvalue weighted by atomic mass is 9.91. The highest BCUT2D eigenvalue weighted by Gasteiger charge is 2.73. The van der Waals surface area contributed by atoms with Gasteiger partial charge in [0, 0.05) is 30.4 Å². The van der Waals surface area contributed by atoms with Crippen molar-refractivity contribution in [3.05, 3.63) is 29.8 Å². The summed E-state index contributed by atoms with van der Waals surface area (Å²) in [5.74, 6) is -2.18. The minimum atomic E-state index is -1.12. The lowest BCUT2D eigenvalue weighted by Crippen LogP contribution is -2.42. The largest absolute Gasteiger partial charge is 0.398 e. The summed E-state index contributed by atoms with van der Waals surface area (Å²) in [7, 11) is 0. The van der Waals surface area contributed by atoms with Crippen molar-refractivity contribution in [3.63, 3.8) is 0 Å². The smallest absolute Gasteiger partial charge is 0.227 e. The molecular weight excluding hydrogens is 358 g/mol. The quantitative estimate of drug-likeness (QED) is 0.519. The van der Waals surface area contributed by atoms with E-state index in [2.05, 4.69) is 5.32 Å². The molecule has 1 aromatic carbocycles. The number of aliphatic hydroxyl groups is 1. The molecule has 0 unspecified atom stereocenters. The summed E-state index contributed by atoms with van der Waals surface area (Å²) < 4.78 is 0. The lowest BCUT2D eigenvalue weighted by Gasteiger charge is -2.30. The number of nitrogens with one attached hydrogen (secondary N) is 1. The van der Waals surface area contributed by atoms with Crippen molar-refractivity contribution in [2.45, 2.75) is 45.8 Å². The van der Waals surface area contributed by atoms with E-state index in [1.54, 1.807) is 36.1 Å². The van der Waals surface area contributed by atoms with Crippen LogP contribution in [0.25, 0.3) is 0 Å². The zero-order chi connectivity index (χ0) is 20.6. The van der Waals surface area contributed by atoms with Crippen LogP contribution in [-0.2, 0) is 9.59 Å². The molecule has 2 aliphatic rings.